The molecular weight excluding hydrogens is 308 g/mol. The molecule has 3 heteroatoms. The van der Waals surface area contributed by atoms with Crippen LogP contribution in [0.4, 0.5) is 0 Å². The molecule has 5 fully saturated rings. The molecule has 2 atom stereocenters. The van der Waals surface area contributed by atoms with Crippen LogP contribution in [-0.2, 0) is 4.79 Å². The molecule has 126 valence electrons. The second-order valence-electron chi connectivity index (χ2n) is 9.02. The van der Waals surface area contributed by atoms with E-state index in [-0.39, 0.29) is 17.1 Å². The molecule has 0 N–H and O–H groups in total. The summed E-state index contributed by atoms with van der Waals surface area (Å²) in [6.45, 7) is 0. The summed E-state index contributed by atoms with van der Waals surface area (Å²) >= 11 is 0. The molecule has 0 radical (unpaired) electrons. The van der Waals surface area contributed by atoms with Crippen molar-refractivity contribution in [1.82, 2.24) is 0 Å². The van der Waals surface area contributed by atoms with Gasteiger partial charge in [-0.05, 0) is 61.8 Å². The summed E-state index contributed by atoms with van der Waals surface area (Å²) in [4.78, 5) is 13.7. The Morgan fingerprint density at radius 2 is 1.44 bits per heavy atom. The second-order valence-corrected chi connectivity index (χ2v) is 9.02. The van der Waals surface area contributed by atoms with Gasteiger partial charge in [-0.2, -0.15) is 10.5 Å². The van der Waals surface area contributed by atoms with Crippen molar-refractivity contribution in [3.05, 3.63) is 35.9 Å². The molecule has 5 aliphatic rings. The van der Waals surface area contributed by atoms with Gasteiger partial charge in [-0.1, -0.05) is 30.3 Å². The fraction of sp³-hybridized carbons (Fsp3) is 0.591. The van der Waals surface area contributed by atoms with Crippen molar-refractivity contribution in [1.29, 1.82) is 10.5 Å². The van der Waals surface area contributed by atoms with Gasteiger partial charge in [0.1, 0.15) is 5.78 Å². The number of ketones is 1. The lowest BCUT2D eigenvalue weighted by Crippen LogP contribution is -2.50. The van der Waals surface area contributed by atoms with Crippen molar-refractivity contribution < 1.29 is 4.79 Å². The van der Waals surface area contributed by atoms with Crippen LogP contribution in [0.5, 0.6) is 0 Å². The quantitative estimate of drug-likeness (QED) is 0.833. The van der Waals surface area contributed by atoms with Gasteiger partial charge in [0.25, 0.3) is 0 Å². The van der Waals surface area contributed by atoms with Crippen LogP contribution in [-0.4, -0.2) is 5.78 Å². The summed E-state index contributed by atoms with van der Waals surface area (Å²) in [5, 5.41) is 19.5. The van der Waals surface area contributed by atoms with E-state index in [0.29, 0.717) is 17.8 Å². The number of benzene rings is 1. The number of hydrogen-bond donors (Lipinski definition) is 0. The fourth-order valence-corrected chi connectivity index (χ4v) is 6.91. The summed E-state index contributed by atoms with van der Waals surface area (Å²) in [5.41, 5.74) is -0.419. The highest BCUT2D eigenvalue weighted by molar-refractivity contribution is 5.94. The minimum Gasteiger partial charge on any atom is -0.299 e. The lowest BCUT2D eigenvalue weighted by molar-refractivity contribution is -0.145. The Labute approximate surface area is 148 Å². The number of nitrogens with zero attached hydrogens (tertiary/aromatic N) is 2. The largest absolute Gasteiger partial charge is 0.299 e. The van der Waals surface area contributed by atoms with Crippen LogP contribution < -0.4 is 0 Å². The van der Waals surface area contributed by atoms with Crippen molar-refractivity contribution in [3.8, 4) is 12.1 Å². The number of hydrogen-bond acceptors (Lipinski definition) is 3. The van der Waals surface area contributed by atoms with E-state index in [0.717, 1.165) is 24.8 Å². The van der Waals surface area contributed by atoms with E-state index in [1.807, 2.05) is 30.3 Å². The Kier molecular flexibility index (Phi) is 3.00. The standard InChI is InChI=1S/C22H22N2O/c23-12-22(13-24)18(17-4-2-1-3-5-17)19(22)20(25)21-9-14-6-15(10-21)8-16(7-14)11-21/h1-5,14-16,18-19H,6-11H2/t14?,15?,16?,18-,19+,21?/m1/s1. The first-order chi connectivity index (χ1) is 12.1. The van der Waals surface area contributed by atoms with Crippen molar-refractivity contribution >= 4 is 5.78 Å². The maximum absolute atomic E-state index is 13.7. The first-order valence-corrected chi connectivity index (χ1v) is 9.53. The molecule has 0 aliphatic heterocycles. The van der Waals surface area contributed by atoms with Crippen molar-refractivity contribution in [2.75, 3.05) is 0 Å². The van der Waals surface area contributed by atoms with Crippen LogP contribution in [0.25, 0.3) is 0 Å². The highest BCUT2D eigenvalue weighted by Gasteiger charge is 2.73. The maximum atomic E-state index is 13.7. The van der Waals surface area contributed by atoms with E-state index in [2.05, 4.69) is 12.1 Å². The zero-order valence-electron chi connectivity index (χ0n) is 14.3. The zero-order chi connectivity index (χ0) is 17.2. The molecule has 5 aliphatic carbocycles. The lowest BCUT2D eigenvalue weighted by Gasteiger charge is -2.56. The molecule has 0 spiro atoms. The van der Waals surface area contributed by atoms with Gasteiger partial charge in [0, 0.05) is 11.3 Å². The first kappa shape index (κ1) is 15.2. The van der Waals surface area contributed by atoms with E-state index in [1.165, 1.54) is 19.3 Å². The van der Waals surface area contributed by atoms with E-state index in [4.69, 9.17) is 0 Å². The van der Waals surface area contributed by atoms with Gasteiger partial charge in [0.15, 0.2) is 5.41 Å². The zero-order valence-corrected chi connectivity index (χ0v) is 14.3. The molecule has 6 rings (SSSR count). The van der Waals surface area contributed by atoms with Crippen molar-refractivity contribution in [3.63, 3.8) is 0 Å². The Morgan fingerprint density at radius 1 is 0.920 bits per heavy atom. The third-order valence-corrected chi connectivity index (χ3v) is 7.58. The minimum atomic E-state index is -1.15. The van der Waals surface area contributed by atoms with E-state index in [1.54, 1.807) is 0 Å². The Hall–Kier alpha value is -2.13. The highest BCUT2D eigenvalue weighted by Crippen LogP contribution is 2.70. The molecule has 1 aromatic carbocycles. The average molecular weight is 330 g/mol. The lowest BCUT2D eigenvalue weighted by atomic mass is 9.48. The van der Waals surface area contributed by atoms with Crippen LogP contribution in [0.1, 0.15) is 50.0 Å². The fourth-order valence-electron chi connectivity index (χ4n) is 6.91. The monoisotopic (exact) mass is 330 g/mol. The molecule has 0 saturated heterocycles. The smallest absolute Gasteiger partial charge is 0.161 e. The molecule has 0 unspecified atom stereocenters. The molecule has 0 amide bonds. The van der Waals surface area contributed by atoms with Gasteiger partial charge in [0.05, 0.1) is 18.1 Å². The molecule has 3 nitrogen and oxygen atoms in total. The number of rotatable bonds is 3. The number of carbonyl (C=O) groups excluding carboxylic acids is 1. The first-order valence-electron chi connectivity index (χ1n) is 9.53. The summed E-state index contributed by atoms with van der Waals surface area (Å²) in [5.74, 6) is 1.65. The minimum absolute atomic E-state index is 0.234. The molecule has 0 aromatic heterocycles. The molecule has 5 saturated carbocycles. The van der Waals surface area contributed by atoms with Gasteiger partial charge in [0.2, 0.25) is 0 Å². The normalized spacial score (nSPS) is 42.4. The van der Waals surface area contributed by atoms with E-state index in [9.17, 15) is 15.3 Å². The Balaban J connectivity index is 1.51. The van der Waals surface area contributed by atoms with Crippen LogP contribution >= 0.6 is 0 Å². The van der Waals surface area contributed by atoms with Crippen LogP contribution in [0, 0.1) is 57.2 Å². The van der Waals surface area contributed by atoms with Crippen molar-refractivity contribution in [2.24, 2.45) is 34.5 Å². The SMILES string of the molecule is N#CC1(C#N)[C@H](C(=O)C23CC4CC(CC(C4)C2)C3)[C@H]1c1ccccc1. The summed E-state index contributed by atoms with van der Waals surface area (Å²) in [6.07, 6.45) is 6.89. The number of Topliss-reactive ketones (excluding diaryl/α,β-unsaturated/α-hetero) is 1. The Morgan fingerprint density at radius 3 is 1.92 bits per heavy atom. The average Bonchev–Trinajstić information content (AvgIpc) is 3.30. The number of nitriles is 2. The molecular formula is C22H22N2O. The topological polar surface area (TPSA) is 64.7 Å². The molecule has 4 bridgehead atoms. The summed E-state index contributed by atoms with van der Waals surface area (Å²) in [7, 11) is 0. The van der Waals surface area contributed by atoms with Gasteiger partial charge >= 0.3 is 0 Å². The third kappa shape index (κ3) is 1.93. The summed E-state index contributed by atoms with van der Waals surface area (Å²) < 4.78 is 0. The number of carbonyl (C=O) groups is 1. The van der Waals surface area contributed by atoms with E-state index < -0.39 is 11.3 Å². The second kappa shape index (κ2) is 4.95. The van der Waals surface area contributed by atoms with Gasteiger partial charge in [-0.25, -0.2) is 0 Å². The molecule has 0 heterocycles. The third-order valence-electron chi connectivity index (χ3n) is 7.58. The van der Waals surface area contributed by atoms with E-state index >= 15 is 0 Å². The van der Waals surface area contributed by atoms with Gasteiger partial charge in [-0.3, -0.25) is 4.79 Å². The molecule has 1 aromatic rings. The predicted octanol–water partition coefficient (Wildman–Crippen LogP) is 4.22. The van der Waals surface area contributed by atoms with Gasteiger partial charge < -0.3 is 0 Å². The van der Waals surface area contributed by atoms with Crippen LogP contribution in [0.15, 0.2) is 30.3 Å². The maximum Gasteiger partial charge on any atom is 0.161 e. The molecule has 25 heavy (non-hydrogen) atoms. The summed E-state index contributed by atoms with van der Waals surface area (Å²) in [6, 6.07) is 14.2. The Bertz CT molecular complexity index is 763. The predicted molar refractivity (Wildman–Crippen MR) is 91.9 cm³/mol. The van der Waals surface area contributed by atoms with Crippen molar-refractivity contribution in [2.45, 2.75) is 44.4 Å². The highest BCUT2D eigenvalue weighted by atomic mass is 16.1. The van der Waals surface area contributed by atoms with Crippen LogP contribution in [0.2, 0.25) is 0 Å². The van der Waals surface area contributed by atoms with Gasteiger partial charge in [-0.15, -0.1) is 0 Å². The van der Waals surface area contributed by atoms with Crippen LogP contribution in [0.3, 0.4) is 0 Å².